The number of aliphatic hydroxyl groups excluding tert-OH is 1. The number of hydrogen-bond acceptors (Lipinski definition) is 6. The molecule has 7 heteroatoms. The van der Waals surface area contributed by atoms with E-state index in [0.29, 0.717) is 48.8 Å². The van der Waals surface area contributed by atoms with E-state index in [1.54, 1.807) is 18.2 Å². The van der Waals surface area contributed by atoms with Crippen LogP contribution in [0, 0.1) is 11.3 Å². The third kappa shape index (κ3) is 5.95. The van der Waals surface area contributed by atoms with E-state index in [0.717, 1.165) is 16.8 Å². The standard InChI is InChI=1S/C28H30ClN3O3/c29-25-18-24(35-17-16-33)10-11-27(25)32-15-14-31-20-28(34,23-8-6-21(19-30)7-9-23)13-12-26(32)22-4-2-1-3-5-22/h1-11,18,26,31,33-34H,12-17,20H2/t26-,28+/m0/s1. The minimum Gasteiger partial charge on any atom is -0.491 e. The lowest BCUT2D eigenvalue weighted by Crippen LogP contribution is -2.39. The fourth-order valence-electron chi connectivity index (χ4n) is 4.66. The van der Waals surface area contributed by atoms with E-state index in [2.05, 4.69) is 28.4 Å². The first-order valence-corrected chi connectivity index (χ1v) is 12.2. The lowest BCUT2D eigenvalue weighted by Gasteiger charge is -2.35. The lowest BCUT2D eigenvalue weighted by molar-refractivity contribution is 0.0258. The van der Waals surface area contributed by atoms with E-state index in [1.165, 1.54) is 0 Å². The molecule has 6 nitrogen and oxygen atoms in total. The molecule has 1 fully saturated rings. The van der Waals surface area contributed by atoms with Crippen LogP contribution < -0.4 is 15.0 Å². The first kappa shape index (κ1) is 25.0. The molecular formula is C28H30ClN3O3. The molecule has 3 aromatic rings. The maximum absolute atomic E-state index is 11.7. The summed E-state index contributed by atoms with van der Waals surface area (Å²) in [4.78, 5) is 2.28. The Balaban J connectivity index is 1.67. The van der Waals surface area contributed by atoms with Gasteiger partial charge in [0.1, 0.15) is 18.0 Å². The van der Waals surface area contributed by atoms with Crippen LogP contribution in [0.3, 0.4) is 0 Å². The van der Waals surface area contributed by atoms with E-state index in [4.69, 9.17) is 26.7 Å². The summed E-state index contributed by atoms with van der Waals surface area (Å²) in [6.07, 6.45) is 1.22. The van der Waals surface area contributed by atoms with Crippen LogP contribution in [-0.4, -0.2) is 43.1 Å². The Morgan fingerprint density at radius 2 is 1.89 bits per heavy atom. The van der Waals surface area contributed by atoms with Gasteiger partial charge in [-0.05, 0) is 48.2 Å². The summed E-state index contributed by atoms with van der Waals surface area (Å²) in [5.74, 6) is 0.613. The Kier molecular flexibility index (Phi) is 8.27. The topological polar surface area (TPSA) is 88.8 Å². The Morgan fingerprint density at radius 1 is 1.11 bits per heavy atom. The summed E-state index contributed by atoms with van der Waals surface area (Å²) in [5, 5.41) is 33.9. The average Bonchev–Trinajstić information content (AvgIpc) is 2.97. The lowest BCUT2D eigenvalue weighted by atomic mass is 9.85. The van der Waals surface area contributed by atoms with Gasteiger partial charge < -0.3 is 25.2 Å². The number of β-amino-alcohol motifs (C(OH)–C–C–N with tert-alkyl or cyclic N) is 1. The third-order valence-electron chi connectivity index (χ3n) is 6.48. The van der Waals surface area contributed by atoms with Crippen LogP contribution in [0.2, 0.25) is 5.02 Å². The highest BCUT2D eigenvalue weighted by Gasteiger charge is 2.33. The van der Waals surface area contributed by atoms with Crippen molar-refractivity contribution in [2.75, 3.05) is 37.7 Å². The van der Waals surface area contributed by atoms with Gasteiger partial charge in [0.2, 0.25) is 0 Å². The second-order valence-electron chi connectivity index (χ2n) is 8.74. The summed E-state index contributed by atoms with van der Waals surface area (Å²) < 4.78 is 5.53. The van der Waals surface area contributed by atoms with Gasteiger partial charge in [-0.15, -0.1) is 0 Å². The number of hydrogen-bond donors (Lipinski definition) is 3. The van der Waals surface area contributed by atoms with E-state index in [9.17, 15) is 5.11 Å². The van der Waals surface area contributed by atoms with Crippen molar-refractivity contribution < 1.29 is 14.9 Å². The number of benzene rings is 3. The van der Waals surface area contributed by atoms with Gasteiger partial charge in [-0.25, -0.2) is 0 Å². The molecular weight excluding hydrogens is 462 g/mol. The molecule has 0 unspecified atom stereocenters. The molecule has 35 heavy (non-hydrogen) atoms. The summed E-state index contributed by atoms with van der Waals surface area (Å²) in [6.45, 7) is 1.91. The number of ether oxygens (including phenoxy) is 1. The van der Waals surface area contributed by atoms with Crippen molar-refractivity contribution in [1.82, 2.24) is 5.32 Å². The minimum absolute atomic E-state index is 0.0114. The van der Waals surface area contributed by atoms with E-state index < -0.39 is 5.60 Å². The molecule has 0 aromatic heterocycles. The van der Waals surface area contributed by atoms with Crippen LogP contribution in [0.25, 0.3) is 0 Å². The predicted molar refractivity (Wildman–Crippen MR) is 138 cm³/mol. The molecule has 1 aliphatic heterocycles. The van der Waals surface area contributed by atoms with Gasteiger partial charge in [0.25, 0.3) is 0 Å². The molecule has 0 spiro atoms. The van der Waals surface area contributed by atoms with Gasteiger partial charge >= 0.3 is 0 Å². The van der Waals surface area contributed by atoms with Gasteiger partial charge in [0.05, 0.1) is 35.0 Å². The molecule has 3 aromatic carbocycles. The number of nitriles is 1. The fourth-order valence-corrected chi connectivity index (χ4v) is 4.93. The molecule has 3 N–H and O–H groups in total. The van der Waals surface area contributed by atoms with Crippen LogP contribution in [0.5, 0.6) is 5.75 Å². The molecule has 4 rings (SSSR count). The quantitative estimate of drug-likeness (QED) is 0.473. The maximum atomic E-state index is 11.7. The molecule has 0 radical (unpaired) electrons. The predicted octanol–water partition coefficient (Wildman–Crippen LogP) is 4.40. The molecule has 182 valence electrons. The maximum Gasteiger partial charge on any atom is 0.121 e. The van der Waals surface area contributed by atoms with Gasteiger partial charge in [0, 0.05) is 25.7 Å². The second-order valence-corrected chi connectivity index (χ2v) is 9.15. The molecule has 2 atom stereocenters. The third-order valence-corrected chi connectivity index (χ3v) is 6.78. The summed E-state index contributed by atoms with van der Waals surface area (Å²) >= 11 is 6.73. The Hall–Kier alpha value is -3.08. The van der Waals surface area contributed by atoms with Crippen molar-refractivity contribution in [3.63, 3.8) is 0 Å². The summed E-state index contributed by atoms with van der Waals surface area (Å²) in [7, 11) is 0. The zero-order chi connectivity index (χ0) is 24.7. The second kappa shape index (κ2) is 11.6. The molecule has 1 saturated heterocycles. The Labute approximate surface area is 211 Å². The van der Waals surface area contributed by atoms with E-state index in [1.807, 2.05) is 42.5 Å². The first-order chi connectivity index (χ1) is 17.0. The molecule has 0 bridgehead atoms. The fraction of sp³-hybridized carbons (Fsp3) is 0.321. The summed E-state index contributed by atoms with van der Waals surface area (Å²) in [6, 6.07) is 25.2. The van der Waals surface area contributed by atoms with Crippen molar-refractivity contribution in [2.45, 2.75) is 24.5 Å². The van der Waals surface area contributed by atoms with Crippen molar-refractivity contribution in [3.8, 4) is 11.8 Å². The summed E-state index contributed by atoms with van der Waals surface area (Å²) in [5.41, 5.74) is 2.34. The average molecular weight is 492 g/mol. The molecule has 0 saturated carbocycles. The zero-order valence-corrected chi connectivity index (χ0v) is 20.3. The van der Waals surface area contributed by atoms with Gasteiger partial charge in [-0.3, -0.25) is 0 Å². The highest BCUT2D eigenvalue weighted by atomic mass is 35.5. The van der Waals surface area contributed by atoms with Gasteiger partial charge in [0.15, 0.2) is 0 Å². The minimum atomic E-state index is -1.07. The monoisotopic (exact) mass is 491 g/mol. The van der Waals surface area contributed by atoms with Gasteiger partial charge in [-0.2, -0.15) is 5.26 Å². The van der Waals surface area contributed by atoms with Crippen LogP contribution in [-0.2, 0) is 5.60 Å². The smallest absolute Gasteiger partial charge is 0.121 e. The number of anilines is 1. The Morgan fingerprint density at radius 3 is 2.57 bits per heavy atom. The number of nitrogens with zero attached hydrogens (tertiary/aromatic N) is 2. The van der Waals surface area contributed by atoms with Crippen LogP contribution in [0.4, 0.5) is 5.69 Å². The normalized spacial score (nSPS) is 20.9. The van der Waals surface area contributed by atoms with Crippen molar-refractivity contribution in [2.24, 2.45) is 0 Å². The van der Waals surface area contributed by atoms with Crippen molar-refractivity contribution in [3.05, 3.63) is 94.5 Å². The van der Waals surface area contributed by atoms with E-state index >= 15 is 0 Å². The molecule has 0 aliphatic carbocycles. The number of nitrogens with one attached hydrogen (secondary N) is 1. The van der Waals surface area contributed by atoms with Gasteiger partial charge in [-0.1, -0.05) is 54.1 Å². The number of aliphatic hydroxyl groups is 2. The van der Waals surface area contributed by atoms with Crippen LogP contribution in [0.1, 0.15) is 35.6 Å². The van der Waals surface area contributed by atoms with E-state index in [-0.39, 0.29) is 19.3 Å². The number of halogens is 1. The largest absolute Gasteiger partial charge is 0.491 e. The molecule has 1 heterocycles. The van der Waals surface area contributed by atoms with Crippen molar-refractivity contribution in [1.29, 1.82) is 5.26 Å². The number of rotatable bonds is 6. The SMILES string of the molecule is N#Cc1ccc([C@@]2(O)CC[C@@H](c3ccccc3)N(c3ccc(OCCO)cc3Cl)CCNC2)cc1. The first-order valence-electron chi connectivity index (χ1n) is 11.8. The van der Waals surface area contributed by atoms with Crippen LogP contribution in [0.15, 0.2) is 72.8 Å². The Bertz CT molecular complexity index is 1150. The van der Waals surface area contributed by atoms with Crippen LogP contribution >= 0.6 is 11.6 Å². The van der Waals surface area contributed by atoms with Crippen molar-refractivity contribution >= 4 is 17.3 Å². The zero-order valence-electron chi connectivity index (χ0n) is 19.5. The highest BCUT2D eigenvalue weighted by molar-refractivity contribution is 6.33. The molecule has 0 amide bonds. The highest BCUT2D eigenvalue weighted by Crippen LogP contribution is 2.39. The molecule has 1 aliphatic rings.